The second-order valence-corrected chi connectivity index (χ2v) is 5.20. The first-order valence-electron chi connectivity index (χ1n) is 7.74. The Morgan fingerprint density at radius 3 is 2.20 bits per heavy atom. The van der Waals surface area contributed by atoms with Gasteiger partial charge in [-0.25, -0.2) is 4.79 Å². The average Bonchev–Trinajstić information content (AvgIpc) is 2.46. The van der Waals surface area contributed by atoms with E-state index in [0.29, 0.717) is 5.57 Å². The molecule has 0 spiro atoms. The molecule has 0 saturated heterocycles. The van der Waals surface area contributed by atoms with Crippen molar-refractivity contribution in [3.05, 3.63) is 42.0 Å². The Hall–Kier alpha value is -1.57. The Morgan fingerprint density at radius 1 is 1.00 bits per heavy atom. The van der Waals surface area contributed by atoms with Crippen LogP contribution in [-0.2, 0) is 4.79 Å². The number of carboxylic acids is 1. The summed E-state index contributed by atoms with van der Waals surface area (Å²) in [6.07, 6.45) is 11.5. The van der Waals surface area contributed by atoms with Crippen LogP contribution in [-0.4, -0.2) is 11.1 Å². The fraction of sp³-hybridized carbons (Fsp3) is 0.500. The number of aliphatic carboxylic acids is 1. The third kappa shape index (κ3) is 6.55. The zero-order valence-corrected chi connectivity index (χ0v) is 12.5. The Labute approximate surface area is 122 Å². The molecule has 1 rings (SSSR count). The SMILES string of the molecule is CCCCCCCCCC=C(C(=O)O)c1ccccc1. The van der Waals surface area contributed by atoms with Gasteiger partial charge in [-0.1, -0.05) is 81.9 Å². The molecular formula is C18H26O2. The molecule has 0 heterocycles. The van der Waals surface area contributed by atoms with Crippen molar-refractivity contribution in [2.24, 2.45) is 0 Å². The van der Waals surface area contributed by atoms with Gasteiger partial charge in [0.15, 0.2) is 0 Å². The van der Waals surface area contributed by atoms with Crippen molar-refractivity contribution in [1.82, 2.24) is 0 Å². The second-order valence-electron chi connectivity index (χ2n) is 5.20. The normalized spacial score (nSPS) is 11.6. The number of rotatable bonds is 10. The van der Waals surface area contributed by atoms with Crippen LogP contribution in [0.4, 0.5) is 0 Å². The molecule has 0 bridgehead atoms. The molecule has 1 N–H and O–H groups in total. The zero-order valence-electron chi connectivity index (χ0n) is 12.5. The van der Waals surface area contributed by atoms with E-state index in [0.717, 1.165) is 18.4 Å². The number of allylic oxidation sites excluding steroid dienone is 1. The number of hydrogen-bond donors (Lipinski definition) is 1. The van der Waals surface area contributed by atoms with Gasteiger partial charge in [0, 0.05) is 0 Å². The van der Waals surface area contributed by atoms with E-state index in [1.54, 1.807) is 0 Å². The second kappa shape index (κ2) is 10.2. The summed E-state index contributed by atoms with van der Waals surface area (Å²) in [5, 5.41) is 9.26. The van der Waals surface area contributed by atoms with E-state index < -0.39 is 5.97 Å². The van der Waals surface area contributed by atoms with Crippen LogP contribution in [0.2, 0.25) is 0 Å². The van der Waals surface area contributed by atoms with Crippen molar-refractivity contribution in [3.8, 4) is 0 Å². The first kappa shape index (κ1) is 16.5. The summed E-state index contributed by atoms with van der Waals surface area (Å²) < 4.78 is 0. The van der Waals surface area contributed by atoms with Crippen LogP contribution >= 0.6 is 0 Å². The maximum absolute atomic E-state index is 11.3. The fourth-order valence-corrected chi connectivity index (χ4v) is 2.29. The minimum atomic E-state index is -0.834. The summed E-state index contributed by atoms with van der Waals surface area (Å²) in [6.45, 7) is 2.22. The molecule has 0 aliphatic carbocycles. The van der Waals surface area contributed by atoms with E-state index in [2.05, 4.69) is 6.92 Å². The van der Waals surface area contributed by atoms with E-state index in [-0.39, 0.29) is 0 Å². The number of carboxylic acid groups (broad SMARTS) is 1. The Bertz CT molecular complexity index is 407. The van der Waals surface area contributed by atoms with Crippen LogP contribution < -0.4 is 0 Å². The van der Waals surface area contributed by atoms with Crippen LogP contribution in [0.5, 0.6) is 0 Å². The highest BCUT2D eigenvalue weighted by molar-refractivity contribution is 6.15. The third-order valence-corrected chi connectivity index (χ3v) is 3.47. The van der Waals surface area contributed by atoms with Crippen LogP contribution in [0.25, 0.3) is 5.57 Å². The number of benzene rings is 1. The lowest BCUT2D eigenvalue weighted by molar-refractivity contribution is -0.130. The standard InChI is InChI=1S/C18H26O2/c1-2-3-4-5-6-7-8-12-15-17(18(19)20)16-13-10-9-11-14-16/h9-11,13-15H,2-8,12H2,1H3,(H,19,20). The highest BCUT2D eigenvalue weighted by Gasteiger charge is 2.08. The van der Waals surface area contributed by atoms with E-state index in [4.69, 9.17) is 0 Å². The molecule has 0 fully saturated rings. The lowest BCUT2D eigenvalue weighted by Gasteiger charge is -2.03. The predicted octanol–water partition coefficient (Wildman–Crippen LogP) is 5.30. The maximum Gasteiger partial charge on any atom is 0.335 e. The monoisotopic (exact) mass is 274 g/mol. The lowest BCUT2D eigenvalue weighted by atomic mass is 10.0. The maximum atomic E-state index is 11.3. The van der Waals surface area contributed by atoms with Crippen molar-refractivity contribution in [2.45, 2.75) is 58.3 Å². The van der Waals surface area contributed by atoms with Crippen molar-refractivity contribution in [3.63, 3.8) is 0 Å². The van der Waals surface area contributed by atoms with E-state index >= 15 is 0 Å². The molecule has 0 atom stereocenters. The van der Waals surface area contributed by atoms with Crippen molar-refractivity contribution in [2.75, 3.05) is 0 Å². The summed E-state index contributed by atoms with van der Waals surface area (Å²) in [6, 6.07) is 9.36. The molecule has 0 unspecified atom stereocenters. The molecule has 1 aromatic rings. The predicted molar refractivity (Wildman–Crippen MR) is 84.7 cm³/mol. The molecule has 0 amide bonds. The zero-order chi connectivity index (χ0) is 14.6. The molecule has 2 nitrogen and oxygen atoms in total. The molecule has 110 valence electrons. The van der Waals surface area contributed by atoms with Crippen molar-refractivity contribution >= 4 is 11.5 Å². The number of carbonyl (C=O) groups is 1. The third-order valence-electron chi connectivity index (χ3n) is 3.47. The molecule has 0 radical (unpaired) electrons. The minimum absolute atomic E-state index is 0.427. The quantitative estimate of drug-likeness (QED) is 0.464. The average molecular weight is 274 g/mol. The minimum Gasteiger partial charge on any atom is -0.478 e. The summed E-state index contributed by atoms with van der Waals surface area (Å²) in [4.78, 5) is 11.3. The molecule has 1 aromatic carbocycles. The van der Waals surface area contributed by atoms with Gasteiger partial charge < -0.3 is 5.11 Å². The van der Waals surface area contributed by atoms with Gasteiger partial charge in [0.2, 0.25) is 0 Å². The summed E-state index contributed by atoms with van der Waals surface area (Å²) in [7, 11) is 0. The topological polar surface area (TPSA) is 37.3 Å². The summed E-state index contributed by atoms with van der Waals surface area (Å²) in [5.74, 6) is -0.834. The first-order valence-corrected chi connectivity index (χ1v) is 7.74. The van der Waals surface area contributed by atoms with Crippen LogP contribution in [0.1, 0.15) is 63.9 Å². The van der Waals surface area contributed by atoms with Crippen LogP contribution in [0, 0.1) is 0 Å². The summed E-state index contributed by atoms with van der Waals surface area (Å²) in [5.41, 5.74) is 1.22. The Morgan fingerprint density at radius 2 is 1.60 bits per heavy atom. The molecular weight excluding hydrogens is 248 g/mol. The van der Waals surface area contributed by atoms with Gasteiger partial charge in [-0.15, -0.1) is 0 Å². The molecule has 0 aromatic heterocycles. The molecule has 20 heavy (non-hydrogen) atoms. The smallest absolute Gasteiger partial charge is 0.335 e. The van der Waals surface area contributed by atoms with Crippen LogP contribution in [0.15, 0.2) is 36.4 Å². The Kier molecular flexibility index (Phi) is 8.44. The highest BCUT2D eigenvalue weighted by Crippen LogP contribution is 2.16. The molecule has 0 saturated carbocycles. The molecule has 0 aliphatic heterocycles. The van der Waals surface area contributed by atoms with Gasteiger partial charge in [0.25, 0.3) is 0 Å². The van der Waals surface area contributed by atoms with E-state index in [1.165, 1.54) is 38.5 Å². The van der Waals surface area contributed by atoms with Crippen LogP contribution in [0.3, 0.4) is 0 Å². The van der Waals surface area contributed by atoms with Crippen molar-refractivity contribution in [1.29, 1.82) is 0 Å². The van der Waals surface area contributed by atoms with Gasteiger partial charge in [-0.3, -0.25) is 0 Å². The lowest BCUT2D eigenvalue weighted by Crippen LogP contribution is -1.99. The van der Waals surface area contributed by atoms with Gasteiger partial charge in [0.1, 0.15) is 0 Å². The summed E-state index contributed by atoms with van der Waals surface area (Å²) >= 11 is 0. The number of hydrogen-bond acceptors (Lipinski definition) is 1. The molecule has 2 heteroatoms. The van der Waals surface area contributed by atoms with Gasteiger partial charge >= 0.3 is 5.97 Å². The van der Waals surface area contributed by atoms with Crippen molar-refractivity contribution < 1.29 is 9.90 Å². The highest BCUT2D eigenvalue weighted by atomic mass is 16.4. The van der Waals surface area contributed by atoms with Gasteiger partial charge in [0.05, 0.1) is 5.57 Å². The van der Waals surface area contributed by atoms with Gasteiger partial charge in [-0.05, 0) is 18.4 Å². The largest absolute Gasteiger partial charge is 0.478 e. The fourth-order valence-electron chi connectivity index (χ4n) is 2.29. The first-order chi connectivity index (χ1) is 9.75. The number of unbranched alkanes of at least 4 members (excludes halogenated alkanes) is 7. The van der Waals surface area contributed by atoms with E-state index in [1.807, 2.05) is 36.4 Å². The van der Waals surface area contributed by atoms with Gasteiger partial charge in [-0.2, -0.15) is 0 Å². The molecule has 0 aliphatic rings. The Balaban J connectivity index is 2.33. The van der Waals surface area contributed by atoms with E-state index in [9.17, 15) is 9.90 Å².